The van der Waals surface area contributed by atoms with Crippen molar-refractivity contribution in [3.05, 3.63) is 101 Å². The lowest BCUT2D eigenvalue weighted by atomic mass is 9.94. The van der Waals surface area contributed by atoms with Crippen LogP contribution in [-0.2, 0) is 28.5 Å². The highest BCUT2D eigenvalue weighted by Gasteiger charge is 2.40. The number of rotatable bonds is 10. The maximum Gasteiger partial charge on any atom is 0.407 e. The molecular weight excluding hydrogens is 543 g/mol. The van der Waals surface area contributed by atoms with Gasteiger partial charge >= 0.3 is 6.18 Å². The quantitative estimate of drug-likeness (QED) is 0.276. The van der Waals surface area contributed by atoms with Gasteiger partial charge in [0.15, 0.2) is 0 Å². The van der Waals surface area contributed by atoms with Gasteiger partial charge in [-0.2, -0.15) is 13.2 Å². The van der Waals surface area contributed by atoms with Gasteiger partial charge in [0.25, 0.3) is 0 Å². The van der Waals surface area contributed by atoms with E-state index in [4.69, 9.17) is 10.2 Å². The van der Waals surface area contributed by atoms with Crippen LogP contribution in [0.2, 0.25) is 0 Å². The van der Waals surface area contributed by atoms with E-state index in [2.05, 4.69) is 15.5 Å². The molecule has 3 aromatic carbocycles. The molecule has 4 rings (SSSR count). The molecule has 8 nitrogen and oxygen atoms in total. The van der Waals surface area contributed by atoms with E-state index < -0.39 is 27.8 Å². The van der Waals surface area contributed by atoms with Crippen molar-refractivity contribution in [2.45, 2.75) is 37.6 Å². The zero-order valence-electron chi connectivity index (χ0n) is 22.2. The SMILES string of the molecule is CN(c1cc(CNC(c2ccccc2)C(F)(F)F)cc(-c2nnc([C@](C)(N)Cc3ccccc3)o2)c1)S(C)(=O)=O. The summed E-state index contributed by atoms with van der Waals surface area (Å²) in [5, 5.41) is 10.8. The van der Waals surface area contributed by atoms with Crippen LogP contribution in [0.1, 0.15) is 35.5 Å². The number of aromatic nitrogens is 2. The molecule has 0 bridgehead atoms. The summed E-state index contributed by atoms with van der Waals surface area (Å²) in [4.78, 5) is 0. The Labute approximate surface area is 231 Å². The van der Waals surface area contributed by atoms with Crippen molar-refractivity contribution in [1.82, 2.24) is 15.5 Å². The first-order chi connectivity index (χ1) is 18.7. The van der Waals surface area contributed by atoms with E-state index in [-0.39, 0.29) is 29.6 Å². The normalized spacial score (nSPS) is 14.5. The first-order valence-electron chi connectivity index (χ1n) is 12.3. The average Bonchev–Trinajstić information content (AvgIpc) is 3.40. The Bertz CT molecular complexity index is 1540. The second kappa shape index (κ2) is 11.4. The van der Waals surface area contributed by atoms with Gasteiger partial charge in [-0.15, -0.1) is 10.2 Å². The molecule has 0 radical (unpaired) electrons. The summed E-state index contributed by atoms with van der Waals surface area (Å²) in [5.74, 6) is 0.217. The molecule has 212 valence electrons. The van der Waals surface area contributed by atoms with E-state index in [1.54, 1.807) is 19.1 Å². The summed E-state index contributed by atoms with van der Waals surface area (Å²) < 4.78 is 73.2. The summed E-state index contributed by atoms with van der Waals surface area (Å²) >= 11 is 0. The predicted octanol–water partition coefficient (Wildman–Crippen LogP) is 4.94. The minimum absolute atomic E-state index is 0.0557. The van der Waals surface area contributed by atoms with E-state index in [0.29, 0.717) is 17.5 Å². The number of hydrogen-bond acceptors (Lipinski definition) is 7. The highest BCUT2D eigenvalue weighted by molar-refractivity contribution is 7.92. The maximum atomic E-state index is 13.9. The third-order valence-corrected chi connectivity index (χ3v) is 7.59. The molecule has 0 spiro atoms. The Kier molecular flexibility index (Phi) is 8.33. The number of anilines is 1. The van der Waals surface area contributed by atoms with Gasteiger partial charge in [0.2, 0.25) is 21.8 Å². The van der Waals surface area contributed by atoms with Crippen LogP contribution < -0.4 is 15.4 Å². The van der Waals surface area contributed by atoms with E-state index in [9.17, 15) is 21.6 Å². The second-order valence-corrected chi connectivity index (χ2v) is 11.9. The molecule has 0 aliphatic carbocycles. The van der Waals surface area contributed by atoms with Crippen molar-refractivity contribution in [1.29, 1.82) is 0 Å². The number of nitrogens with one attached hydrogen (secondary N) is 1. The average molecular weight is 574 g/mol. The first kappa shape index (κ1) is 29.2. The Balaban J connectivity index is 1.67. The Morgan fingerprint density at radius 1 is 0.975 bits per heavy atom. The van der Waals surface area contributed by atoms with Crippen LogP contribution >= 0.6 is 0 Å². The molecular formula is C28H30F3N5O3S. The molecule has 12 heteroatoms. The molecule has 1 aromatic heterocycles. The smallest absolute Gasteiger partial charge is 0.407 e. The fourth-order valence-corrected chi connectivity index (χ4v) is 4.72. The summed E-state index contributed by atoms with van der Waals surface area (Å²) in [6.07, 6.45) is -3.11. The van der Waals surface area contributed by atoms with Crippen molar-refractivity contribution in [3.8, 4) is 11.5 Å². The number of sulfonamides is 1. The van der Waals surface area contributed by atoms with Gasteiger partial charge in [0.05, 0.1) is 17.5 Å². The minimum atomic E-state index is -4.56. The Hall–Kier alpha value is -3.74. The Morgan fingerprint density at radius 3 is 2.20 bits per heavy atom. The molecule has 0 aliphatic heterocycles. The summed E-state index contributed by atoms with van der Waals surface area (Å²) in [5.41, 5.74) is 7.46. The number of hydrogen-bond donors (Lipinski definition) is 2. The molecule has 40 heavy (non-hydrogen) atoms. The molecule has 1 unspecified atom stereocenters. The maximum absolute atomic E-state index is 13.9. The largest absolute Gasteiger partial charge is 0.419 e. The zero-order chi connectivity index (χ0) is 29.1. The van der Waals surface area contributed by atoms with Gasteiger partial charge in [-0.25, -0.2) is 8.42 Å². The third-order valence-electron chi connectivity index (χ3n) is 6.38. The molecule has 0 aliphatic rings. The van der Waals surface area contributed by atoms with Gasteiger partial charge < -0.3 is 10.2 Å². The summed E-state index contributed by atoms with van der Waals surface area (Å²) in [6.45, 7) is 1.53. The van der Waals surface area contributed by atoms with Crippen molar-refractivity contribution in [2.75, 3.05) is 17.6 Å². The number of halogens is 3. The lowest BCUT2D eigenvalue weighted by molar-refractivity contribution is -0.158. The van der Waals surface area contributed by atoms with Gasteiger partial charge in [0.1, 0.15) is 6.04 Å². The van der Waals surface area contributed by atoms with Crippen LogP contribution in [0.3, 0.4) is 0 Å². The number of benzene rings is 3. The number of alkyl halides is 3. The van der Waals surface area contributed by atoms with Crippen molar-refractivity contribution in [3.63, 3.8) is 0 Å². The lowest BCUT2D eigenvalue weighted by Crippen LogP contribution is -2.35. The van der Waals surface area contributed by atoms with Crippen LogP contribution in [0.4, 0.5) is 18.9 Å². The Morgan fingerprint density at radius 2 is 1.60 bits per heavy atom. The van der Waals surface area contributed by atoms with Crippen LogP contribution in [0.15, 0.2) is 83.3 Å². The topological polar surface area (TPSA) is 114 Å². The fraction of sp³-hybridized carbons (Fsp3) is 0.286. The van der Waals surface area contributed by atoms with E-state index >= 15 is 0 Å². The van der Waals surface area contributed by atoms with Crippen molar-refractivity contribution in [2.24, 2.45) is 5.73 Å². The van der Waals surface area contributed by atoms with Gasteiger partial charge in [-0.05, 0) is 48.2 Å². The van der Waals surface area contributed by atoms with Gasteiger partial charge in [-0.1, -0.05) is 60.7 Å². The molecule has 0 saturated heterocycles. The number of nitrogens with two attached hydrogens (primary N) is 1. The monoisotopic (exact) mass is 573 g/mol. The lowest BCUT2D eigenvalue weighted by Gasteiger charge is -2.23. The summed E-state index contributed by atoms with van der Waals surface area (Å²) in [7, 11) is -2.32. The molecule has 0 saturated carbocycles. The number of nitrogens with zero attached hydrogens (tertiary/aromatic N) is 3. The van der Waals surface area contributed by atoms with Crippen molar-refractivity contribution >= 4 is 15.7 Å². The molecule has 0 amide bonds. The van der Waals surface area contributed by atoms with Crippen LogP contribution in [0, 0.1) is 0 Å². The van der Waals surface area contributed by atoms with Crippen LogP contribution in [0.5, 0.6) is 0 Å². The van der Waals surface area contributed by atoms with Crippen molar-refractivity contribution < 1.29 is 26.0 Å². The summed E-state index contributed by atoms with van der Waals surface area (Å²) in [6, 6.07) is 19.7. The standard InChI is InChI=1S/C28H30F3N5O3S/c1-27(32,17-19-10-6-4-7-11-19)26-35-34-25(39-26)22-14-20(15-23(16-22)36(2)40(3,37)38)18-33-24(28(29,30)31)21-12-8-5-9-13-21/h4-16,24,33H,17-18,32H2,1-3H3/t24?,27-/m1/s1. The van der Waals surface area contributed by atoms with E-state index in [1.807, 2.05) is 30.3 Å². The molecule has 4 aromatic rings. The highest BCUT2D eigenvalue weighted by atomic mass is 32.2. The van der Waals surface area contributed by atoms with E-state index in [0.717, 1.165) is 16.1 Å². The van der Waals surface area contributed by atoms with E-state index in [1.165, 1.54) is 43.4 Å². The minimum Gasteiger partial charge on any atom is -0.419 e. The zero-order valence-corrected chi connectivity index (χ0v) is 23.0. The first-order valence-corrected chi connectivity index (χ1v) is 14.2. The highest BCUT2D eigenvalue weighted by Crippen LogP contribution is 2.34. The van der Waals surface area contributed by atoms with Crippen LogP contribution in [0.25, 0.3) is 11.5 Å². The van der Waals surface area contributed by atoms with Gasteiger partial charge in [-0.3, -0.25) is 9.62 Å². The second-order valence-electron chi connectivity index (χ2n) is 9.88. The molecule has 0 fully saturated rings. The molecule has 3 N–H and O–H groups in total. The van der Waals surface area contributed by atoms with Crippen LogP contribution in [-0.4, -0.2) is 38.1 Å². The van der Waals surface area contributed by atoms with Gasteiger partial charge in [0, 0.05) is 19.2 Å². The molecule has 1 heterocycles. The third kappa shape index (κ3) is 7.06. The predicted molar refractivity (Wildman–Crippen MR) is 147 cm³/mol. The fourth-order valence-electron chi connectivity index (χ4n) is 4.23. The molecule has 2 atom stereocenters.